The van der Waals surface area contributed by atoms with Crippen molar-refractivity contribution in [2.24, 2.45) is 0 Å². The third kappa shape index (κ3) is 3.80. The molecule has 0 saturated carbocycles. The van der Waals surface area contributed by atoms with Crippen molar-refractivity contribution >= 4 is 11.6 Å². The highest BCUT2D eigenvalue weighted by Gasteiger charge is 2.20. The molecule has 4 heteroatoms. The number of hydrogen-bond acceptors (Lipinski definition) is 3. The van der Waals surface area contributed by atoms with Crippen LogP contribution in [0.15, 0.2) is 24.3 Å². The minimum absolute atomic E-state index is 0.100. The molecule has 15 heavy (non-hydrogen) atoms. The molecule has 0 heterocycles. The first-order valence-electron chi connectivity index (χ1n) is 4.81. The molecule has 0 atom stereocenters. The molecule has 3 N–H and O–H groups in total. The van der Waals surface area contributed by atoms with Crippen LogP contribution in [0, 0.1) is 0 Å². The molecule has 0 spiro atoms. The van der Waals surface area contributed by atoms with Crippen LogP contribution in [-0.4, -0.2) is 29.0 Å². The molecule has 0 fully saturated rings. The molecular formula is C11H16ClNO2. The Balaban J connectivity index is 2.53. The van der Waals surface area contributed by atoms with Gasteiger partial charge in [0.2, 0.25) is 0 Å². The zero-order valence-electron chi connectivity index (χ0n) is 8.70. The van der Waals surface area contributed by atoms with Crippen molar-refractivity contribution in [2.75, 3.05) is 13.2 Å². The molecular weight excluding hydrogens is 214 g/mol. The number of halogens is 1. The van der Waals surface area contributed by atoms with Gasteiger partial charge in [0, 0.05) is 11.6 Å². The van der Waals surface area contributed by atoms with Crippen LogP contribution in [-0.2, 0) is 6.54 Å². The third-order valence-corrected chi connectivity index (χ3v) is 2.58. The highest BCUT2D eigenvalue weighted by atomic mass is 35.5. The van der Waals surface area contributed by atoms with E-state index in [0.29, 0.717) is 11.6 Å². The highest BCUT2D eigenvalue weighted by molar-refractivity contribution is 6.30. The van der Waals surface area contributed by atoms with Gasteiger partial charge in [0.25, 0.3) is 0 Å². The van der Waals surface area contributed by atoms with Crippen LogP contribution in [0.4, 0.5) is 0 Å². The van der Waals surface area contributed by atoms with E-state index in [1.807, 2.05) is 24.3 Å². The summed E-state index contributed by atoms with van der Waals surface area (Å²) in [7, 11) is 0. The van der Waals surface area contributed by atoms with Crippen molar-refractivity contribution in [3.63, 3.8) is 0 Å². The number of aliphatic hydroxyl groups excluding tert-OH is 2. The molecule has 0 amide bonds. The molecule has 0 radical (unpaired) electrons. The topological polar surface area (TPSA) is 52.5 Å². The van der Waals surface area contributed by atoms with Crippen molar-refractivity contribution in [1.82, 2.24) is 5.32 Å². The molecule has 1 rings (SSSR count). The van der Waals surface area contributed by atoms with E-state index >= 15 is 0 Å². The van der Waals surface area contributed by atoms with Crippen molar-refractivity contribution in [3.05, 3.63) is 34.9 Å². The summed E-state index contributed by atoms with van der Waals surface area (Å²) in [5, 5.41) is 21.9. The molecule has 84 valence electrons. The maximum Gasteiger partial charge on any atom is 0.0633 e. The summed E-state index contributed by atoms with van der Waals surface area (Å²) in [4.78, 5) is 0. The summed E-state index contributed by atoms with van der Waals surface area (Å²) >= 11 is 5.76. The van der Waals surface area contributed by atoms with E-state index in [9.17, 15) is 0 Å². The molecule has 0 aliphatic heterocycles. The number of benzene rings is 1. The lowest BCUT2D eigenvalue weighted by Crippen LogP contribution is -2.48. The minimum Gasteiger partial charge on any atom is -0.394 e. The number of rotatable bonds is 5. The first kappa shape index (κ1) is 12.5. The van der Waals surface area contributed by atoms with Crippen molar-refractivity contribution in [1.29, 1.82) is 0 Å². The number of nitrogens with one attached hydrogen (secondary N) is 1. The lowest BCUT2D eigenvalue weighted by Gasteiger charge is -2.26. The fraction of sp³-hybridized carbons (Fsp3) is 0.455. The van der Waals surface area contributed by atoms with Crippen LogP contribution < -0.4 is 5.32 Å². The second-order valence-corrected chi connectivity index (χ2v) is 4.29. The molecule has 0 aliphatic carbocycles. The fourth-order valence-electron chi connectivity index (χ4n) is 1.08. The summed E-state index contributed by atoms with van der Waals surface area (Å²) in [6.45, 7) is 2.16. The van der Waals surface area contributed by atoms with Crippen LogP contribution in [0.25, 0.3) is 0 Å². The van der Waals surface area contributed by atoms with Crippen LogP contribution >= 0.6 is 11.6 Å². The molecule has 3 nitrogen and oxygen atoms in total. The van der Waals surface area contributed by atoms with Crippen LogP contribution in [0.1, 0.15) is 12.5 Å². The zero-order valence-corrected chi connectivity index (χ0v) is 9.46. The van der Waals surface area contributed by atoms with E-state index in [4.69, 9.17) is 21.8 Å². The van der Waals surface area contributed by atoms with Gasteiger partial charge in [-0.2, -0.15) is 0 Å². The van der Waals surface area contributed by atoms with Gasteiger partial charge < -0.3 is 15.5 Å². The summed E-state index contributed by atoms with van der Waals surface area (Å²) in [6.07, 6.45) is 0. The Bertz CT molecular complexity index is 296. The van der Waals surface area contributed by atoms with E-state index in [2.05, 4.69) is 5.32 Å². The minimum atomic E-state index is -0.639. The van der Waals surface area contributed by atoms with Gasteiger partial charge in [0.15, 0.2) is 0 Å². The van der Waals surface area contributed by atoms with E-state index < -0.39 is 5.54 Å². The predicted octanol–water partition coefficient (Wildman–Crippen LogP) is 1.17. The van der Waals surface area contributed by atoms with Crippen molar-refractivity contribution < 1.29 is 10.2 Å². The molecule has 1 aromatic carbocycles. The first-order chi connectivity index (χ1) is 7.09. The molecule has 0 aliphatic rings. The van der Waals surface area contributed by atoms with Crippen molar-refractivity contribution in [2.45, 2.75) is 19.0 Å². The van der Waals surface area contributed by atoms with E-state index in [0.717, 1.165) is 5.56 Å². The lowest BCUT2D eigenvalue weighted by molar-refractivity contribution is 0.103. The van der Waals surface area contributed by atoms with Gasteiger partial charge in [-0.15, -0.1) is 0 Å². The van der Waals surface area contributed by atoms with Gasteiger partial charge in [0.05, 0.1) is 18.8 Å². The standard InChI is InChI=1S/C11H16ClNO2/c1-11(7-14,8-15)13-6-9-2-4-10(12)5-3-9/h2-5,13-15H,6-8H2,1H3. The molecule has 0 aromatic heterocycles. The van der Waals surface area contributed by atoms with Gasteiger partial charge in [0.1, 0.15) is 0 Å². The summed E-state index contributed by atoms with van der Waals surface area (Å²) < 4.78 is 0. The van der Waals surface area contributed by atoms with Crippen LogP contribution in [0.3, 0.4) is 0 Å². The average Bonchev–Trinajstić information content (AvgIpc) is 2.28. The molecule has 1 aromatic rings. The van der Waals surface area contributed by atoms with Crippen LogP contribution in [0.5, 0.6) is 0 Å². The van der Waals surface area contributed by atoms with Crippen LogP contribution in [0.2, 0.25) is 5.02 Å². The predicted molar refractivity (Wildman–Crippen MR) is 60.9 cm³/mol. The normalized spacial score (nSPS) is 11.7. The average molecular weight is 230 g/mol. The largest absolute Gasteiger partial charge is 0.394 e. The fourth-order valence-corrected chi connectivity index (χ4v) is 1.21. The monoisotopic (exact) mass is 229 g/mol. The van der Waals surface area contributed by atoms with Gasteiger partial charge in [-0.25, -0.2) is 0 Å². The van der Waals surface area contributed by atoms with Gasteiger partial charge in [-0.05, 0) is 24.6 Å². The van der Waals surface area contributed by atoms with Gasteiger partial charge >= 0.3 is 0 Å². The third-order valence-electron chi connectivity index (χ3n) is 2.33. The first-order valence-corrected chi connectivity index (χ1v) is 5.18. The Labute approximate surface area is 94.7 Å². The smallest absolute Gasteiger partial charge is 0.0633 e. The second-order valence-electron chi connectivity index (χ2n) is 3.86. The van der Waals surface area contributed by atoms with Gasteiger partial charge in [-0.1, -0.05) is 23.7 Å². The van der Waals surface area contributed by atoms with E-state index in [1.165, 1.54) is 0 Å². The summed E-state index contributed by atoms with van der Waals surface area (Å²) in [5.74, 6) is 0. The second kappa shape index (κ2) is 5.47. The Morgan fingerprint density at radius 1 is 1.20 bits per heavy atom. The van der Waals surface area contributed by atoms with Gasteiger partial charge in [-0.3, -0.25) is 0 Å². The maximum absolute atomic E-state index is 9.06. The van der Waals surface area contributed by atoms with E-state index in [1.54, 1.807) is 6.92 Å². The maximum atomic E-state index is 9.06. The summed E-state index contributed by atoms with van der Waals surface area (Å²) in [5.41, 5.74) is 0.423. The molecule has 0 bridgehead atoms. The SMILES string of the molecule is CC(CO)(CO)NCc1ccc(Cl)cc1. The molecule has 0 saturated heterocycles. The number of aliphatic hydroxyl groups is 2. The Kier molecular flexibility index (Phi) is 4.54. The van der Waals surface area contributed by atoms with Crippen molar-refractivity contribution in [3.8, 4) is 0 Å². The lowest BCUT2D eigenvalue weighted by atomic mass is 10.0. The Hall–Kier alpha value is -0.610. The molecule has 0 unspecified atom stereocenters. The quantitative estimate of drug-likeness (QED) is 0.711. The number of hydrogen-bond donors (Lipinski definition) is 3. The van der Waals surface area contributed by atoms with E-state index in [-0.39, 0.29) is 13.2 Å². The highest BCUT2D eigenvalue weighted by Crippen LogP contribution is 2.10. The Morgan fingerprint density at radius 2 is 1.73 bits per heavy atom. The zero-order chi connectivity index (χ0) is 11.3. The Morgan fingerprint density at radius 3 is 2.20 bits per heavy atom. The summed E-state index contributed by atoms with van der Waals surface area (Å²) in [6, 6.07) is 7.44.